The Morgan fingerprint density at radius 2 is 1.23 bits per heavy atom. The number of aliphatic hydroxyl groups is 1. The highest BCUT2D eigenvalue weighted by Crippen LogP contribution is 2.03. The van der Waals surface area contributed by atoms with Gasteiger partial charge in [0.25, 0.3) is 0 Å². The molecule has 14 heteroatoms. The molecule has 0 aromatic rings. The van der Waals surface area contributed by atoms with Gasteiger partial charge in [0.15, 0.2) is 0 Å². The standard InChI is InChI=1S/C16H27N5O9/c1-6(2)12(18)15(28)20-8(4-11(24)25)14(27)19-7(3-10(17)23)13(26)21-9(5-22)16(29)30/h6-9,12,22H,3-5,18H2,1-2H3,(H2,17,23)(H,19,27)(H,20,28)(H,21,26)(H,24,25)(H,29,30). The summed E-state index contributed by atoms with van der Waals surface area (Å²) in [7, 11) is 0. The van der Waals surface area contributed by atoms with Crippen LogP contribution in [0.15, 0.2) is 0 Å². The number of amides is 4. The average molecular weight is 433 g/mol. The van der Waals surface area contributed by atoms with Gasteiger partial charge >= 0.3 is 11.9 Å². The minimum Gasteiger partial charge on any atom is -0.481 e. The number of carbonyl (C=O) groups excluding carboxylic acids is 4. The number of rotatable bonds is 13. The van der Waals surface area contributed by atoms with Crippen LogP contribution in [0.1, 0.15) is 26.7 Å². The molecule has 4 amide bonds. The second-order valence-electron chi connectivity index (χ2n) is 6.74. The smallest absolute Gasteiger partial charge is 0.328 e. The zero-order valence-corrected chi connectivity index (χ0v) is 16.5. The number of aliphatic carboxylic acids is 2. The maximum absolute atomic E-state index is 12.5. The van der Waals surface area contributed by atoms with E-state index in [2.05, 4.69) is 10.6 Å². The fraction of sp³-hybridized carbons (Fsp3) is 0.625. The van der Waals surface area contributed by atoms with Crippen LogP contribution in [0.4, 0.5) is 0 Å². The Kier molecular flexibility index (Phi) is 11.0. The summed E-state index contributed by atoms with van der Waals surface area (Å²) in [6.45, 7) is 2.29. The van der Waals surface area contributed by atoms with E-state index in [4.69, 9.17) is 26.8 Å². The van der Waals surface area contributed by atoms with E-state index in [1.54, 1.807) is 13.8 Å². The number of carbonyl (C=O) groups is 6. The van der Waals surface area contributed by atoms with Crippen LogP contribution in [0.5, 0.6) is 0 Å². The van der Waals surface area contributed by atoms with E-state index in [0.717, 1.165) is 0 Å². The minimum absolute atomic E-state index is 0.321. The number of carboxylic acid groups (broad SMARTS) is 2. The fourth-order valence-corrected chi connectivity index (χ4v) is 2.10. The first-order chi connectivity index (χ1) is 13.8. The molecular formula is C16H27N5O9. The molecule has 0 saturated heterocycles. The quantitative estimate of drug-likeness (QED) is 0.139. The van der Waals surface area contributed by atoms with Crippen molar-refractivity contribution < 1.29 is 44.1 Å². The number of hydrogen-bond acceptors (Lipinski definition) is 8. The van der Waals surface area contributed by atoms with Crippen LogP contribution in [0.2, 0.25) is 0 Å². The van der Waals surface area contributed by atoms with Gasteiger partial charge in [-0.25, -0.2) is 4.79 Å². The van der Waals surface area contributed by atoms with E-state index in [1.807, 2.05) is 5.32 Å². The summed E-state index contributed by atoms with van der Waals surface area (Å²) in [5.74, 6) is -7.50. The molecule has 0 aliphatic rings. The Morgan fingerprint density at radius 3 is 1.60 bits per heavy atom. The van der Waals surface area contributed by atoms with Crippen molar-refractivity contribution >= 4 is 35.6 Å². The van der Waals surface area contributed by atoms with Crippen LogP contribution in [0, 0.1) is 5.92 Å². The van der Waals surface area contributed by atoms with Crippen molar-refractivity contribution in [2.45, 2.75) is 50.9 Å². The molecule has 4 atom stereocenters. The van der Waals surface area contributed by atoms with Crippen LogP contribution >= 0.6 is 0 Å². The Labute approximate surface area is 171 Å². The van der Waals surface area contributed by atoms with Crippen molar-refractivity contribution in [3.63, 3.8) is 0 Å². The van der Waals surface area contributed by atoms with Gasteiger partial charge in [0.05, 0.1) is 25.5 Å². The van der Waals surface area contributed by atoms with E-state index in [1.165, 1.54) is 0 Å². The molecular weight excluding hydrogens is 406 g/mol. The third-order valence-electron chi connectivity index (χ3n) is 3.87. The summed E-state index contributed by atoms with van der Waals surface area (Å²) < 4.78 is 0. The molecule has 10 N–H and O–H groups in total. The molecule has 0 heterocycles. The maximum Gasteiger partial charge on any atom is 0.328 e. The maximum atomic E-state index is 12.5. The molecule has 0 bridgehead atoms. The molecule has 30 heavy (non-hydrogen) atoms. The number of hydrogen-bond donors (Lipinski definition) is 8. The Bertz CT molecular complexity index is 682. The highest BCUT2D eigenvalue weighted by molar-refractivity contribution is 5.97. The van der Waals surface area contributed by atoms with Crippen molar-refractivity contribution in [3.8, 4) is 0 Å². The Morgan fingerprint density at radius 1 is 0.800 bits per heavy atom. The number of primary amides is 1. The normalized spacial score (nSPS) is 14.7. The van der Waals surface area contributed by atoms with E-state index in [-0.39, 0.29) is 5.92 Å². The van der Waals surface area contributed by atoms with Crippen molar-refractivity contribution in [2.24, 2.45) is 17.4 Å². The van der Waals surface area contributed by atoms with Crippen molar-refractivity contribution in [3.05, 3.63) is 0 Å². The van der Waals surface area contributed by atoms with Crippen LogP contribution < -0.4 is 27.4 Å². The number of carboxylic acids is 2. The largest absolute Gasteiger partial charge is 0.481 e. The number of nitrogens with two attached hydrogens (primary N) is 2. The Balaban J connectivity index is 5.48. The van der Waals surface area contributed by atoms with Gasteiger partial charge in [0.1, 0.15) is 18.1 Å². The summed E-state index contributed by atoms with van der Waals surface area (Å²) in [5, 5.41) is 32.9. The van der Waals surface area contributed by atoms with E-state index in [9.17, 15) is 28.8 Å². The molecule has 0 rings (SSSR count). The molecule has 0 aromatic carbocycles. The predicted molar refractivity (Wildman–Crippen MR) is 99.4 cm³/mol. The third kappa shape index (κ3) is 9.29. The second kappa shape index (κ2) is 12.3. The zero-order valence-electron chi connectivity index (χ0n) is 16.5. The van der Waals surface area contributed by atoms with Crippen molar-refractivity contribution in [1.29, 1.82) is 0 Å². The van der Waals surface area contributed by atoms with Gasteiger partial charge in [-0.3, -0.25) is 24.0 Å². The number of aliphatic hydroxyl groups excluding tert-OH is 1. The summed E-state index contributed by atoms with van der Waals surface area (Å²) >= 11 is 0. The van der Waals surface area contributed by atoms with E-state index < -0.39 is 79.2 Å². The van der Waals surface area contributed by atoms with Crippen LogP contribution in [-0.4, -0.2) is 81.7 Å². The van der Waals surface area contributed by atoms with Crippen LogP contribution in [0.25, 0.3) is 0 Å². The lowest BCUT2D eigenvalue weighted by Gasteiger charge is -2.24. The lowest BCUT2D eigenvalue weighted by molar-refractivity contribution is -0.144. The second-order valence-corrected chi connectivity index (χ2v) is 6.74. The van der Waals surface area contributed by atoms with Gasteiger partial charge < -0.3 is 42.7 Å². The third-order valence-corrected chi connectivity index (χ3v) is 3.87. The van der Waals surface area contributed by atoms with Gasteiger partial charge in [-0.15, -0.1) is 0 Å². The molecule has 0 aromatic heterocycles. The molecule has 0 fully saturated rings. The van der Waals surface area contributed by atoms with Crippen LogP contribution in [0.3, 0.4) is 0 Å². The van der Waals surface area contributed by atoms with Crippen LogP contribution in [-0.2, 0) is 28.8 Å². The fourth-order valence-electron chi connectivity index (χ4n) is 2.10. The van der Waals surface area contributed by atoms with Crippen molar-refractivity contribution in [2.75, 3.05) is 6.61 Å². The minimum atomic E-state index is -1.72. The molecule has 170 valence electrons. The van der Waals surface area contributed by atoms with Gasteiger partial charge in [0.2, 0.25) is 23.6 Å². The lowest BCUT2D eigenvalue weighted by Crippen LogP contribution is -2.58. The SMILES string of the molecule is CC(C)C(N)C(=O)NC(CC(=O)O)C(=O)NC(CC(N)=O)C(=O)NC(CO)C(=O)O. The van der Waals surface area contributed by atoms with Gasteiger partial charge in [-0.1, -0.05) is 13.8 Å². The summed E-state index contributed by atoms with van der Waals surface area (Å²) in [6.07, 6.45) is -1.61. The molecule has 0 spiro atoms. The molecule has 0 saturated carbocycles. The van der Waals surface area contributed by atoms with E-state index in [0.29, 0.717) is 0 Å². The summed E-state index contributed by atoms with van der Waals surface area (Å²) in [5.41, 5.74) is 10.7. The topological polar surface area (TPSA) is 251 Å². The van der Waals surface area contributed by atoms with E-state index >= 15 is 0 Å². The first kappa shape index (κ1) is 26.7. The van der Waals surface area contributed by atoms with Crippen molar-refractivity contribution in [1.82, 2.24) is 16.0 Å². The first-order valence-electron chi connectivity index (χ1n) is 8.80. The first-order valence-corrected chi connectivity index (χ1v) is 8.80. The molecule has 14 nitrogen and oxygen atoms in total. The predicted octanol–water partition coefficient (Wildman–Crippen LogP) is -4.15. The highest BCUT2D eigenvalue weighted by Gasteiger charge is 2.32. The number of nitrogens with one attached hydrogen (secondary N) is 3. The summed E-state index contributed by atoms with van der Waals surface area (Å²) in [6, 6.07) is -6.09. The molecule has 0 aliphatic carbocycles. The average Bonchev–Trinajstić information content (AvgIpc) is 2.62. The highest BCUT2D eigenvalue weighted by atomic mass is 16.4. The molecule has 0 radical (unpaired) electrons. The van der Waals surface area contributed by atoms with Gasteiger partial charge in [-0.05, 0) is 5.92 Å². The molecule has 0 aliphatic heterocycles. The lowest BCUT2D eigenvalue weighted by atomic mass is 10.0. The summed E-state index contributed by atoms with van der Waals surface area (Å²) in [4.78, 5) is 70.0. The van der Waals surface area contributed by atoms with Gasteiger partial charge in [-0.2, -0.15) is 0 Å². The zero-order chi connectivity index (χ0) is 23.6. The monoisotopic (exact) mass is 433 g/mol. The molecule has 4 unspecified atom stereocenters. The van der Waals surface area contributed by atoms with Gasteiger partial charge in [0, 0.05) is 0 Å². The Hall–Kier alpha value is -3.26.